The van der Waals surface area contributed by atoms with Crippen molar-refractivity contribution in [1.29, 1.82) is 0 Å². The maximum Gasteiger partial charge on any atom is 0.336 e. The predicted octanol–water partition coefficient (Wildman–Crippen LogP) is 6.31. The molecule has 2 atom stereocenters. The van der Waals surface area contributed by atoms with E-state index in [0.717, 1.165) is 16.8 Å². The monoisotopic (exact) mass is 587 g/mol. The molecular formula is C32H30BrNO5. The van der Waals surface area contributed by atoms with Gasteiger partial charge in [-0.1, -0.05) is 60.7 Å². The van der Waals surface area contributed by atoms with Crippen molar-refractivity contribution in [3.05, 3.63) is 116 Å². The van der Waals surface area contributed by atoms with Gasteiger partial charge in [0, 0.05) is 35.7 Å². The minimum absolute atomic E-state index is 0.0205. The lowest BCUT2D eigenvalue weighted by Crippen LogP contribution is -2.36. The van der Waals surface area contributed by atoms with Crippen LogP contribution in [-0.2, 0) is 20.7 Å². The number of phenols is 1. The first-order chi connectivity index (χ1) is 18.9. The van der Waals surface area contributed by atoms with Crippen molar-refractivity contribution in [3.8, 4) is 11.5 Å². The van der Waals surface area contributed by atoms with Crippen LogP contribution < -0.4 is 10.1 Å². The van der Waals surface area contributed by atoms with Crippen LogP contribution in [0.5, 0.6) is 11.5 Å². The number of phenolic OH excluding ortho intramolecular Hbond substituents is 1. The van der Waals surface area contributed by atoms with E-state index in [1.54, 1.807) is 12.1 Å². The van der Waals surface area contributed by atoms with Crippen LogP contribution in [0, 0.1) is 0 Å². The second-order valence-electron chi connectivity index (χ2n) is 9.85. The van der Waals surface area contributed by atoms with Gasteiger partial charge in [0.1, 0.15) is 0 Å². The van der Waals surface area contributed by atoms with Crippen molar-refractivity contribution in [1.82, 2.24) is 5.32 Å². The minimum Gasteiger partial charge on any atom is -0.503 e. The van der Waals surface area contributed by atoms with E-state index in [-0.39, 0.29) is 29.8 Å². The topological polar surface area (TPSA) is 84.9 Å². The fraction of sp³-hybridized carbons (Fsp3) is 0.250. The van der Waals surface area contributed by atoms with Crippen molar-refractivity contribution in [2.45, 2.75) is 38.0 Å². The number of carbonyl (C=O) groups is 2. The van der Waals surface area contributed by atoms with Crippen LogP contribution >= 0.6 is 15.9 Å². The summed E-state index contributed by atoms with van der Waals surface area (Å²) in [6.07, 6.45) is 1.57. The first kappa shape index (κ1) is 26.8. The van der Waals surface area contributed by atoms with Gasteiger partial charge in [-0.2, -0.15) is 0 Å². The largest absolute Gasteiger partial charge is 0.503 e. The highest BCUT2D eigenvalue weighted by atomic mass is 79.9. The molecule has 2 N–H and O–H groups in total. The fourth-order valence-electron chi connectivity index (χ4n) is 5.50. The molecule has 0 aromatic heterocycles. The van der Waals surface area contributed by atoms with E-state index in [9.17, 15) is 14.7 Å². The molecule has 1 aliphatic carbocycles. The molecule has 0 spiro atoms. The molecule has 0 unspecified atom stereocenters. The van der Waals surface area contributed by atoms with E-state index in [1.165, 1.54) is 7.11 Å². The number of esters is 1. The molecule has 3 aromatic rings. The molecular weight excluding hydrogens is 558 g/mol. The minimum atomic E-state index is -0.666. The highest BCUT2D eigenvalue weighted by molar-refractivity contribution is 9.10. The second kappa shape index (κ2) is 11.5. The predicted molar refractivity (Wildman–Crippen MR) is 152 cm³/mol. The number of benzene rings is 3. The summed E-state index contributed by atoms with van der Waals surface area (Å²) in [5.74, 6) is -0.919. The van der Waals surface area contributed by atoms with E-state index in [0.29, 0.717) is 46.1 Å². The quantitative estimate of drug-likeness (QED) is 0.315. The summed E-state index contributed by atoms with van der Waals surface area (Å²) >= 11 is 3.41. The zero-order valence-corrected chi connectivity index (χ0v) is 23.5. The Labute approximate surface area is 236 Å². The smallest absolute Gasteiger partial charge is 0.336 e. The Morgan fingerprint density at radius 2 is 1.72 bits per heavy atom. The number of methoxy groups -OCH3 is 1. The zero-order valence-electron chi connectivity index (χ0n) is 21.9. The lowest BCUT2D eigenvalue weighted by atomic mass is 9.71. The third kappa shape index (κ3) is 5.50. The summed E-state index contributed by atoms with van der Waals surface area (Å²) in [5, 5.41) is 13.8. The Balaban J connectivity index is 1.52. The van der Waals surface area contributed by atoms with Crippen LogP contribution in [0.4, 0.5) is 0 Å². The molecule has 0 amide bonds. The van der Waals surface area contributed by atoms with Gasteiger partial charge in [-0.05, 0) is 64.0 Å². The lowest BCUT2D eigenvalue weighted by Gasteiger charge is -2.37. The van der Waals surface area contributed by atoms with Crippen molar-refractivity contribution >= 4 is 27.7 Å². The molecule has 2 aliphatic rings. The normalized spacial score (nSPS) is 18.9. The molecule has 0 bridgehead atoms. The Kier molecular flexibility index (Phi) is 7.89. The number of hydrogen-bond donors (Lipinski definition) is 2. The average Bonchev–Trinajstić information content (AvgIpc) is 2.94. The van der Waals surface area contributed by atoms with Crippen LogP contribution in [-0.4, -0.2) is 30.6 Å². The van der Waals surface area contributed by atoms with Gasteiger partial charge < -0.3 is 19.9 Å². The molecule has 0 saturated heterocycles. The molecule has 200 valence electrons. The number of Topliss-reactive ketones (excluding diaryl/α,β-unsaturated/α-hetero) is 1. The second-order valence-corrected chi connectivity index (χ2v) is 10.7. The molecule has 1 aliphatic heterocycles. The first-order valence-corrected chi connectivity index (χ1v) is 13.7. The van der Waals surface area contributed by atoms with Crippen molar-refractivity contribution < 1.29 is 24.2 Å². The van der Waals surface area contributed by atoms with Gasteiger partial charge in [0.25, 0.3) is 0 Å². The number of aromatic hydroxyl groups is 1. The standard InChI is InChI=1S/C32H30BrNO5/c1-19-28(32(37)39-14-13-20-9-5-3-6-10-20)29(23-15-24(33)31(36)27(18-23)38-2)30-25(34-19)16-22(17-26(30)35)21-11-7-4-8-12-21/h3-12,15,18,22,29,34,36H,13-14,16-17H2,1-2H3/t22-,29+/m0/s1. The summed E-state index contributed by atoms with van der Waals surface area (Å²) in [6, 6.07) is 23.3. The van der Waals surface area contributed by atoms with Crippen LogP contribution in [0.25, 0.3) is 0 Å². The van der Waals surface area contributed by atoms with Crippen LogP contribution in [0.3, 0.4) is 0 Å². The third-order valence-corrected chi connectivity index (χ3v) is 7.99. The van der Waals surface area contributed by atoms with Crippen molar-refractivity contribution in [2.75, 3.05) is 13.7 Å². The molecule has 1 heterocycles. The molecule has 0 saturated carbocycles. The number of nitrogens with one attached hydrogen (secondary N) is 1. The number of halogens is 1. The average molecular weight is 588 g/mol. The van der Waals surface area contributed by atoms with E-state index >= 15 is 0 Å². The number of hydrogen-bond acceptors (Lipinski definition) is 6. The number of ether oxygens (including phenoxy) is 2. The summed E-state index contributed by atoms with van der Waals surface area (Å²) in [5.41, 5.74) is 5.24. The molecule has 3 aromatic carbocycles. The number of dihydropyridines is 1. The van der Waals surface area contributed by atoms with Crippen molar-refractivity contribution in [3.63, 3.8) is 0 Å². The zero-order chi connectivity index (χ0) is 27.5. The first-order valence-electron chi connectivity index (χ1n) is 12.9. The lowest BCUT2D eigenvalue weighted by molar-refractivity contribution is -0.139. The van der Waals surface area contributed by atoms with Gasteiger partial charge in [-0.3, -0.25) is 4.79 Å². The van der Waals surface area contributed by atoms with E-state index in [4.69, 9.17) is 9.47 Å². The van der Waals surface area contributed by atoms with E-state index in [1.807, 2.05) is 67.6 Å². The van der Waals surface area contributed by atoms with Crippen LogP contribution in [0.15, 0.2) is 99.8 Å². The Bertz CT molecular complexity index is 1460. The molecule has 5 rings (SSSR count). The summed E-state index contributed by atoms with van der Waals surface area (Å²) in [4.78, 5) is 27.4. The number of allylic oxidation sites excluding steroid dienone is 3. The molecule has 39 heavy (non-hydrogen) atoms. The molecule has 0 radical (unpaired) electrons. The molecule has 6 nitrogen and oxygen atoms in total. The van der Waals surface area contributed by atoms with Crippen LogP contribution in [0.1, 0.15) is 48.3 Å². The SMILES string of the molecule is COc1cc([C@@H]2C(C(=O)OCCc3ccccc3)=C(C)NC3=C2C(=O)C[C@@H](c2ccccc2)C3)cc(Br)c1O. The maximum absolute atomic E-state index is 13.8. The van der Waals surface area contributed by atoms with E-state index < -0.39 is 11.9 Å². The maximum atomic E-state index is 13.8. The number of ketones is 1. The Morgan fingerprint density at radius 1 is 1.03 bits per heavy atom. The van der Waals surface area contributed by atoms with Gasteiger partial charge in [-0.15, -0.1) is 0 Å². The highest BCUT2D eigenvalue weighted by Crippen LogP contribution is 2.48. The molecule has 7 heteroatoms. The highest BCUT2D eigenvalue weighted by Gasteiger charge is 2.42. The van der Waals surface area contributed by atoms with Gasteiger partial charge in [0.2, 0.25) is 0 Å². The van der Waals surface area contributed by atoms with Crippen molar-refractivity contribution in [2.24, 2.45) is 0 Å². The third-order valence-electron chi connectivity index (χ3n) is 7.39. The molecule has 0 fully saturated rings. The Hall–Kier alpha value is -3.84. The van der Waals surface area contributed by atoms with Gasteiger partial charge in [0.15, 0.2) is 17.3 Å². The summed E-state index contributed by atoms with van der Waals surface area (Å²) in [6.45, 7) is 2.05. The Morgan fingerprint density at radius 3 is 2.41 bits per heavy atom. The van der Waals surface area contributed by atoms with Crippen LogP contribution in [0.2, 0.25) is 0 Å². The van der Waals surface area contributed by atoms with Gasteiger partial charge in [-0.25, -0.2) is 4.79 Å². The number of carbonyl (C=O) groups excluding carboxylic acids is 2. The number of rotatable bonds is 7. The summed E-state index contributed by atoms with van der Waals surface area (Å²) < 4.78 is 11.6. The summed E-state index contributed by atoms with van der Waals surface area (Å²) in [7, 11) is 1.47. The van der Waals surface area contributed by atoms with Gasteiger partial charge >= 0.3 is 5.97 Å². The fourth-order valence-corrected chi connectivity index (χ4v) is 5.96. The van der Waals surface area contributed by atoms with Gasteiger partial charge in [0.05, 0.1) is 23.8 Å². The van der Waals surface area contributed by atoms with E-state index in [2.05, 4.69) is 21.2 Å².